The third-order valence-corrected chi connectivity index (χ3v) is 2.80. The average molecular weight is 243 g/mol. The molecular weight excluding hydrogens is 222 g/mol. The molecule has 0 bridgehead atoms. The molecule has 2 atom stereocenters. The first-order valence-corrected chi connectivity index (χ1v) is 6.03. The lowest BCUT2D eigenvalue weighted by Gasteiger charge is -2.22. The van der Waals surface area contributed by atoms with E-state index in [-0.39, 0.29) is 18.4 Å². The molecule has 17 heavy (non-hydrogen) atoms. The van der Waals surface area contributed by atoms with Crippen molar-refractivity contribution in [2.45, 2.75) is 44.2 Å². The fraction of sp³-hybridized carbons (Fsp3) is 0.818. The van der Waals surface area contributed by atoms with Crippen LogP contribution in [0.25, 0.3) is 0 Å². The summed E-state index contributed by atoms with van der Waals surface area (Å²) < 4.78 is 5.53. The SMILES string of the molecule is NC(=O)CC(N)C(=O)NCCC1CCCCO1. The second kappa shape index (κ2) is 7.24. The third-order valence-electron chi connectivity index (χ3n) is 2.80. The topological polar surface area (TPSA) is 107 Å². The van der Waals surface area contributed by atoms with Gasteiger partial charge in [-0.1, -0.05) is 0 Å². The Labute approximate surface area is 101 Å². The van der Waals surface area contributed by atoms with Gasteiger partial charge in [-0.3, -0.25) is 9.59 Å². The van der Waals surface area contributed by atoms with Crippen LogP contribution in [0.2, 0.25) is 0 Å². The molecule has 1 rings (SSSR count). The van der Waals surface area contributed by atoms with Crippen LogP contribution in [0.5, 0.6) is 0 Å². The second-order valence-electron chi connectivity index (χ2n) is 4.35. The summed E-state index contributed by atoms with van der Waals surface area (Å²) in [5, 5.41) is 2.68. The summed E-state index contributed by atoms with van der Waals surface area (Å²) in [7, 11) is 0. The van der Waals surface area contributed by atoms with Gasteiger partial charge in [-0.25, -0.2) is 0 Å². The first-order chi connectivity index (χ1) is 8.09. The van der Waals surface area contributed by atoms with Crippen LogP contribution in [0.15, 0.2) is 0 Å². The van der Waals surface area contributed by atoms with E-state index in [9.17, 15) is 9.59 Å². The number of carbonyl (C=O) groups is 2. The Morgan fingerprint density at radius 3 is 2.76 bits per heavy atom. The minimum atomic E-state index is -0.847. The van der Waals surface area contributed by atoms with Gasteiger partial charge in [0.15, 0.2) is 0 Å². The first-order valence-electron chi connectivity index (χ1n) is 6.03. The molecule has 0 aromatic rings. The summed E-state index contributed by atoms with van der Waals surface area (Å²) in [5.41, 5.74) is 10.5. The lowest BCUT2D eigenvalue weighted by molar-refractivity contribution is -0.126. The van der Waals surface area contributed by atoms with E-state index in [1.807, 2.05) is 0 Å². The van der Waals surface area contributed by atoms with Crippen molar-refractivity contribution in [3.63, 3.8) is 0 Å². The summed E-state index contributed by atoms with van der Waals surface area (Å²) in [4.78, 5) is 22.0. The van der Waals surface area contributed by atoms with E-state index < -0.39 is 11.9 Å². The molecule has 0 radical (unpaired) electrons. The van der Waals surface area contributed by atoms with E-state index >= 15 is 0 Å². The molecule has 0 spiro atoms. The zero-order valence-corrected chi connectivity index (χ0v) is 9.98. The van der Waals surface area contributed by atoms with Crippen LogP contribution in [-0.4, -0.2) is 37.1 Å². The van der Waals surface area contributed by atoms with Crippen LogP contribution in [-0.2, 0) is 14.3 Å². The largest absolute Gasteiger partial charge is 0.378 e. The molecule has 0 aliphatic carbocycles. The van der Waals surface area contributed by atoms with E-state index in [2.05, 4.69) is 5.32 Å². The summed E-state index contributed by atoms with van der Waals surface area (Å²) in [6, 6.07) is -0.847. The number of rotatable bonds is 6. The van der Waals surface area contributed by atoms with E-state index in [1.165, 1.54) is 6.42 Å². The normalized spacial score (nSPS) is 21.8. The van der Waals surface area contributed by atoms with E-state index in [4.69, 9.17) is 16.2 Å². The maximum atomic E-state index is 11.4. The molecular formula is C11H21N3O3. The minimum Gasteiger partial charge on any atom is -0.378 e. The lowest BCUT2D eigenvalue weighted by Crippen LogP contribution is -2.43. The second-order valence-corrected chi connectivity index (χ2v) is 4.35. The number of nitrogens with one attached hydrogen (secondary N) is 1. The lowest BCUT2D eigenvalue weighted by atomic mass is 10.1. The van der Waals surface area contributed by atoms with Gasteiger partial charge in [0.05, 0.1) is 18.6 Å². The third kappa shape index (κ3) is 5.65. The van der Waals surface area contributed by atoms with E-state index in [1.54, 1.807) is 0 Å². The Morgan fingerprint density at radius 2 is 2.18 bits per heavy atom. The average Bonchev–Trinajstić information content (AvgIpc) is 2.29. The van der Waals surface area contributed by atoms with E-state index in [0.717, 1.165) is 25.9 Å². The van der Waals surface area contributed by atoms with Crippen LogP contribution in [0, 0.1) is 0 Å². The molecule has 2 amide bonds. The highest BCUT2D eigenvalue weighted by atomic mass is 16.5. The maximum absolute atomic E-state index is 11.4. The van der Waals surface area contributed by atoms with Gasteiger partial charge in [-0.05, 0) is 25.7 Å². The molecule has 1 aliphatic rings. The highest BCUT2D eigenvalue weighted by Gasteiger charge is 2.17. The highest BCUT2D eigenvalue weighted by molar-refractivity contribution is 5.87. The van der Waals surface area contributed by atoms with Crippen molar-refractivity contribution in [1.82, 2.24) is 5.32 Å². The van der Waals surface area contributed by atoms with Gasteiger partial charge < -0.3 is 21.5 Å². The van der Waals surface area contributed by atoms with Gasteiger partial charge in [0.2, 0.25) is 11.8 Å². The molecule has 0 saturated carbocycles. The molecule has 98 valence electrons. The van der Waals surface area contributed by atoms with Gasteiger partial charge in [0.25, 0.3) is 0 Å². The number of hydrogen-bond donors (Lipinski definition) is 3. The van der Waals surface area contributed by atoms with Gasteiger partial charge >= 0.3 is 0 Å². The van der Waals surface area contributed by atoms with Crippen molar-refractivity contribution in [1.29, 1.82) is 0 Å². The van der Waals surface area contributed by atoms with Crippen LogP contribution in [0.3, 0.4) is 0 Å². The van der Waals surface area contributed by atoms with Crippen molar-refractivity contribution >= 4 is 11.8 Å². The number of primary amides is 1. The summed E-state index contributed by atoms with van der Waals surface area (Å²) >= 11 is 0. The Morgan fingerprint density at radius 1 is 1.41 bits per heavy atom. The molecule has 5 N–H and O–H groups in total. The van der Waals surface area contributed by atoms with Crippen LogP contribution in [0.1, 0.15) is 32.1 Å². The summed E-state index contributed by atoms with van der Waals surface area (Å²) in [5.74, 6) is -0.900. The van der Waals surface area contributed by atoms with Gasteiger partial charge in [-0.15, -0.1) is 0 Å². The molecule has 0 aromatic heterocycles. The van der Waals surface area contributed by atoms with Gasteiger partial charge in [-0.2, -0.15) is 0 Å². The van der Waals surface area contributed by atoms with Crippen molar-refractivity contribution in [2.75, 3.05) is 13.2 Å². The van der Waals surface area contributed by atoms with Crippen LogP contribution >= 0.6 is 0 Å². The van der Waals surface area contributed by atoms with Crippen LogP contribution in [0.4, 0.5) is 0 Å². The smallest absolute Gasteiger partial charge is 0.237 e. The number of ether oxygens (including phenoxy) is 1. The Kier molecular flexibility index (Phi) is 5.93. The highest BCUT2D eigenvalue weighted by Crippen LogP contribution is 2.14. The van der Waals surface area contributed by atoms with Crippen molar-refractivity contribution < 1.29 is 14.3 Å². The molecule has 1 heterocycles. The molecule has 1 saturated heterocycles. The minimum absolute atomic E-state index is 0.119. The van der Waals surface area contributed by atoms with E-state index in [0.29, 0.717) is 6.54 Å². The Hall–Kier alpha value is -1.14. The first kappa shape index (κ1) is 13.9. The predicted octanol–water partition coefficient (Wildman–Crippen LogP) is -0.735. The molecule has 1 aliphatic heterocycles. The maximum Gasteiger partial charge on any atom is 0.237 e. The van der Waals surface area contributed by atoms with Crippen molar-refractivity contribution in [3.05, 3.63) is 0 Å². The Balaban J connectivity index is 2.12. The molecule has 0 aromatic carbocycles. The zero-order valence-electron chi connectivity index (χ0n) is 9.98. The standard InChI is InChI=1S/C11H21N3O3/c12-9(7-10(13)15)11(16)14-5-4-8-3-1-2-6-17-8/h8-9H,1-7,12H2,(H2,13,15)(H,14,16). The zero-order chi connectivity index (χ0) is 12.7. The van der Waals surface area contributed by atoms with Gasteiger partial charge in [0.1, 0.15) is 0 Å². The number of nitrogens with two attached hydrogens (primary N) is 2. The fourth-order valence-corrected chi connectivity index (χ4v) is 1.83. The van der Waals surface area contributed by atoms with Crippen LogP contribution < -0.4 is 16.8 Å². The predicted molar refractivity (Wildman–Crippen MR) is 63.0 cm³/mol. The number of carbonyl (C=O) groups excluding carboxylic acids is 2. The monoisotopic (exact) mass is 243 g/mol. The molecule has 6 heteroatoms. The molecule has 2 unspecified atom stereocenters. The van der Waals surface area contributed by atoms with Gasteiger partial charge in [0, 0.05) is 13.2 Å². The number of hydrogen-bond acceptors (Lipinski definition) is 4. The van der Waals surface area contributed by atoms with Crippen molar-refractivity contribution in [2.24, 2.45) is 11.5 Å². The number of amides is 2. The quantitative estimate of drug-likeness (QED) is 0.571. The summed E-state index contributed by atoms with van der Waals surface area (Å²) in [6.07, 6.45) is 4.24. The summed E-state index contributed by atoms with van der Waals surface area (Å²) in [6.45, 7) is 1.33. The van der Waals surface area contributed by atoms with Crippen molar-refractivity contribution in [3.8, 4) is 0 Å². The molecule has 1 fully saturated rings. The molecule has 6 nitrogen and oxygen atoms in total. The Bertz CT molecular complexity index is 265. The fourth-order valence-electron chi connectivity index (χ4n) is 1.83.